The van der Waals surface area contributed by atoms with Gasteiger partial charge >= 0.3 is 0 Å². The molecular weight excluding hydrogens is 326 g/mol. The van der Waals surface area contributed by atoms with Gasteiger partial charge in [-0.05, 0) is 24.5 Å². The summed E-state index contributed by atoms with van der Waals surface area (Å²) >= 11 is 0. The van der Waals surface area contributed by atoms with E-state index in [1.165, 1.54) is 0 Å². The lowest BCUT2D eigenvalue weighted by Gasteiger charge is -2.37. The van der Waals surface area contributed by atoms with E-state index in [1.807, 2.05) is 12.1 Å². The van der Waals surface area contributed by atoms with Gasteiger partial charge in [-0.3, -0.25) is 0 Å². The van der Waals surface area contributed by atoms with Crippen molar-refractivity contribution in [2.24, 2.45) is 5.92 Å². The summed E-state index contributed by atoms with van der Waals surface area (Å²) in [5, 5.41) is 3.40. The fraction of sp³-hybridized carbons (Fsp3) is 0.500. The molecule has 2 aromatic rings. The van der Waals surface area contributed by atoms with Crippen LogP contribution in [0.4, 0.5) is 17.3 Å². The Kier molecular flexibility index (Phi) is 6.15. The summed E-state index contributed by atoms with van der Waals surface area (Å²) in [5.74, 6) is 3.51. The summed E-state index contributed by atoms with van der Waals surface area (Å²) in [6, 6.07) is 10.3. The maximum atomic E-state index is 5.50. The second-order valence-electron chi connectivity index (χ2n) is 7.02. The third-order valence-electron chi connectivity index (χ3n) is 4.71. The average molecular weight is 355 g/mol. The fourth-order valence-corrected chi connectivity index (χ4v) is 3.17. The molecule has 140 valence electrons. The lowest BCUT2D eigenvalue weighted by atomic mass is 10.1. The quantitative estimate of drug-likeness (QED) is 0.823. The van der Waals surface area contributed by atoms with Crippen LogP contribution in [0.25, 0.3) is 0 Å². The van der Waals surface area contributed by atoms with Gasteiger partial charge in [0.1, 0.15) is 23.7 Å². The van der Waals surface area contributed by atoms with Gasteiger partial charge in [0.05, 0.1) is 12.8 Å². The molecule has 6 nitrogen and oxygen atoms in total. The van der Waals surface area contributed by atoms with Crippen LogP contribution in [0.5, 0.6) is 5.75 Å². The number of methoxy groups -OCH3 is 1. The van der Waals surface area contributed by atoms with Crippen molar-refractivity contribution in [1.29, 1.82) is 0 Å². The molecule has 0 saturated carbocycles. The van der Waals surface area contributed by atoms with Crippen LogP contribution in [0.1, 0.15) is 20.3 Å². The van der Waals surface area contributed by atoms with Crippen LogP contribution in [0.2, 0.25) is 0 Å². The van der Waals surface area contributed by atoms with E-state index in [1.54, 1.807) is 13.4 Å². The summed E-state index contributed by atoms with van der Waals surface area (Å²) in [6.07, 6.45) is 2.79. The Bertz CT molecular complexity index is 698. The molecule has 0 bridgehead atoms. The topological polar surface area (TPSA) is 53.5 Å². The number of nitrogens with one attached hydrogen (secondary N) is 1. The lowest BCUT2D eigenvalue weighted by molar-refractivity contribution is 0.413. The smallest absolute Gasteiger partial charge is 0.142 e. The van der Waals surface area contributed by atoms with Crippen molar-refractivity contribution < 1.29 is 4.74 Å². The lowest BCUT2D eigenvalue weighted by Crippen LogP contribution is -2.47. The predicted octanol–water partition coefficient (Wildman–Crippen LogP) is 3.27. The monoisotopic (exact) mass is 355 g/mol. The number of benzene rings is 1. The van der Waals surface area contributed by atoms with Gasteiger partial charge < -0.3 is 19.9 Å². The highest BCUT2D eigenvalue weighted by atomic mass is 16.5. The number of hydrogen-bond acceptors (Lipinski definition) is 6. The number of piperazine rings is 1. The van der Waals surface area contributed by atoms with Gasteiger partial charge in [0.15, 0.2) is 0 Å². The van der Waals surface area contributed by atoms with E-state index in [0.29, 0.717) is 5.92 Å². The van der Waals surface area contributed by atoms with Crippen LogP contribution in [0.15, 0.2) is 36.7 Å². The molecule has 26 heavy (non-hydrogen) atoms. The molecule has 0 atom stereocenters. The molecule has 1 fully saturated rings. The summed E-state index contributed by atoms with van der Waals surface area (Å²) in [7, 11) is 1.73. The molecular formula is C20H29N5O. The van der Waals surface area contributed by atoms with Crippen molar-refractivity contribution in [2.45, 2.75) is 20.3 Å². The van der Waals surface area contributed by atoms with Crippen LogP contribution in [-0.4, -0.2) is 49.8 Å². The molecule has 1 aliphatic rings. The Morgan fingerprint density at radius 2 is 1.81 bits per heavy atom. The Labute approximate surface area is 156 Å². The van der Waals surface area contributed by atoms with E-state index in [-0.39, 0.29) is 0 Å². The average Bonchev–Trinajstić information content (AvgIpc) is 2.68. The Morgan fingerprint density at radius 3 is 2.54 bits per heavy atom. The number of anilines is 3. The zero-order valence-corrected chi connectivity index (χ0v) is 16.0. The third-order valence-corrected chi connectivity index (χ3v) is 4.71. The normalized spacial score (nSPS) is 14.6. The maximum absolute atomic E-state index is 5.50. The standard InChI is InChI=1S/C20H29N5O/c1-16(2)8-9-21-19-14-20(23-15-22-19)25-12-10-24(11-13-25)17-6-4-5-7-18(17)26-3/h4-7,14-16H,8-13H2,1-3H3,(H,21,22,23). The minimum absolute atomic E-state index is 0.687. The van der Waals surface area contributed by atoms with E-state index in [0.717, 1.165) is 62.2 Å². The van der Waals surface area contributed by atoms with Crippen LogP contribution in [-0.2, 0) is 0 Å². The Balaban J connectivity index is 1.59. The van der Waals surface area contributed by atoms with Crippen molar-refractivity contribution in [3.8, 4) is 5.75 Å². The molecule has 0 amide bonds. The number of ether oxygens (including phenoxy) is 1. The molecule has 2 heterocycles. The summed E-state index contributed by atoms with van der Waals surface area (Å²) in [6.45, 7) is 9.15. The molecule has 1 aromatic heterocycles. The first-order valence-electron chi connectivity index (χ1n) is 9.36. The molecule has 1 aromatic carbocycles. The Morgan fingerprint density at radius 1 is 1.08 bits per heavy atom. The molecule has 1 aliphatic heterocycles. The molecule has 1 N–H and O–H groups in total. The van der Waals surface area contributed by atoms with Crippen LogP contribution < -0.4 is 19.9 Å². The van der Waals surface area contributed by atoms with Gasteiger partial charge in [0.25, 0.3) is 0 Å². The molecule has 3 rings (SSSR count). The SMILES string of the molecule is COc1ccccc1N1CCN(c2cc(NCCC(C)C)ncn2)CC1. The summed E-state index contributed by atoms with van der Waals surface area (Å²) in [5.41, 5.74) is 1.16. The number of hydrogen-bond donors (Lipinski definition) is 1. The zero-order chi connectivity index (χ0) is 18.4. The number of nitrogens with zero attached hydrogens (tertiary/aromatic N) is 4. The van der Waals surface area contributed by atoms with Gasteiger partial charge in [-0.1, -0.05) is 26.0 Å². The zero-order valence-electron chi connectivity index (χ0n) is 16.0. The molecule has 0 radical (unpaired) electrons. The highest BCUT2D eigenvalue weighted by Gasteiger charge is 2.20. The second-order valence-corrected chi connectivity index (χ2v) is 7.02. The van der Waals surface area contributed by atoms with Crippen LogP contribution in [0.3, 0.4) is 0 Å². The van der Waals surface area contributed by atoms with Crippen molar-refractivity contribution >= 4 is 17.3 Å². The highest BCUT2D eigenvalue weighted by molar-refractivity contribution is 5.59. The van der Waals surface area contributed by atoms with E-state index >= 15 is 0 Å². The third kappa shape index (κ3) is 4.56. The van der Waals surface area contributed by atoms with Gasteiger partial charge in [-0.15, -0.1) is 0 Å². The van der Waals surface area contributed by atoms with Crippen molar-refractivity contribution in [2.75, 3.05) is 55.0 Å². The number of rotatable bonds is 7. The van der Waals surface area contributed by atoms with Crippen molar-refractivity contribution in [3.05, 3.63) is 36.7 Å². The van der Waals surface area contributed by atoms with Crippen LogP contribution in [0, 0.1) is 5.92 Å². The van der Waals surface area contributed by atoms with Crippen molar-refractivity contribution in [1.82, 2.24) is 9.97 Å². The molecule has 0 unspecified atom stereocenters. The molecule has 0 aliphatic carbocycles. The largest absolute Gasteiger partial charge is 0.495 e. The summed E-state index contributed by atoms with van der Waals surface area (Å²) < 4.78 is 5.50. The van der Waals surface area contributed by atoms with Crippen molar-refractivity contribution in [3.63, 3.8) is 0 Å². The Hall–Kier alpha value is -2.50. The van der Waals surface area contributed by atoms with E-state index in [4.69, 9.17) is 4.74 Å². The molecule has 6 heteroatoms. The fourth-order valence-electron chi connectivity index (χ4n) is 3.17. The minimum atomic E-state index is 0.687. The minimum Gasteiger partial charge on any atom is -0.495 e. The number of para-hydroxylation sites is 2. The predicted molar refractivity (Wildman–Crippen MR) is 107 cm³/mol. The van der Waals surface area contributed by atoms with Gasteiger partial charge in [0, 0.05) is 38.8 Å². The number of aromatic nitrogens is 2. The van der Waals surface area contributed by atoms with Gasteiger partial charge in [-0.25, -0.2) is 9.97 Å². The second kappa shape index (κ2) is 8.74. The first-order valence-corrected chi connectivity index (χ1v) is 9.36. The van der Waals surface area contributed by atoms with Gasteiger partial charge in [0.2, 0.25) is 0 Å². The molecule has 1 saturated heterocycles. The first-order chi connectivity index (χ1) is 12.7. The highest BCUT2D eigenvalue weighted by Crippen LogP contribution is 2.29. The maximum Gasteiger partial charge on any atom is 0.142 e. The van der Waals surface area contributed by atoms with E-state index < -0.39 is 0 Å². The molecule has 0 spiro atoms. The summed E-state index contributed by atoms with van der Waals surface area (Å²) in [4.78, 5) is 13.5. The van der Waals surface area contributed by atoms with Crippen LogP contribution >= 0.6 is 0 Å². The van der Waals surface area contributed by atoms with E-state index in [9.17, 15) is 0 Å². The van der Waals surface area contributed by atoms with E-state index in [2.05, 4.69) is 57.1 Å². The van der Waals surface area contributed by atoms with Gasteiger partial charge in [-0.2, -0.15) is 0 Å². The first kappa shape index (κ1) is 18.3.